The molecule has 0 radical (unpaired) electrons. The van der Waals surface area contributed by atoms with Crippen LogP contribution >= 0.6 is 11.6 Å². The summed E-state index contributed by atoms with van der Waals surface area (Å²) in [5.41, 5.74) is 8.56. The van der Waals surface area contributed by atoms with Crippen molar-refractivity contribution in [3.63, 3.8) is 0 Å². The highest BCUT2D eigenvalue weighted by Gasteiger charge is 2.10. The molecule has 2 aromatic rings. The maximum Gasteiger partial charge on any atom is 0.257 e. The number of amides is 1. The number of nitrogens with one attached hydrogen (secondary N) is 1. The molecule has 104 valence electrons. The molecule has 2 rings (SSSR count). The highest BCUT2D eigenvalue weighted by molar-refractivity contribution is 6.34. The molecule has 0 saturated heterocycles. The van der Waals surface area contributed by atoms with Crippen LogP contribution in [0.2, 0.25) is 5.02 Å². The van der Waals surface area contributed by atoms with Crippen LogP contribution in [0.15, 0.2) is 42.5 Å². The fourth-order valence-electron chi connectivity index (χ4n) is 1.96. The molecular formula is C16H17ClN2O. The molecule has 4 heteroatoms. The third-order valence-corrected chi connectivity index (χ3v) is 3.32. The molecule has 0 unspecified atom stereocenters. The smallest absolute Gasteiger partial charge is 0.257 e. The van der Waals surface area contributed by atoms with Crippen LogP contribution in [0.5, 0.6) is 0 Å². The normalized spacial score (nSPS) is 10.3. The second-order valence-corrected chi connectivity index (χ2v) is 5.05. The molecule has 0 aliphatic carbocycles. The Hall–Kier alpha value is -2.00. The van der Waals surface area contributed by atoms with Gasteiger partial charge < -0.3 is 11.1 Å². The van der Waals surface area contributed by atoms with Crippen LogP contribution in [0, 0.1) is 0 Å². The van der Waals surface area contributed by atoms with E-state index in [4.69, 9.17) is 17.3 Å². The molecule has 0 bridgehead atoms. The lowest BCUT2D eigenvalue weighted by Gasteiger charge is -2.08. The number of rotatable bonds is 4. The highest BCUT2D eigenvalue weighted by Crippen LogP contribution is 2.20. The van der Waals surface area contributed by atoms with Crippen molar-refractivity contribution in [1.29, 1.82) is 0 Å². The lowest BCUT2D eigenvalue weighted by atomic mass is 10.1. The summed E-state index contributed by atoms with van der Waals surface area (Å²) >= 11 is 6.01. The van der Waals surface area contributed by atoms with Crippen molar-refractivity contribution in [2.75, 3.05) is 11.1 Å². The third-order valence-electron chi connectivity index (χ3n) is 2.99. The van der Waals surface area contributed by atoms with Crippen molar-refractivity contribution in [2.45, 2.75) is 19.8 Å². The SMILES string of the molecule is CCCc1ccc(NC(=O)c2cc(N)ccc2Cl)cc1. The summed E-state index contributed by atoms with van der Waals surface area (Å²) in [6.45, 7) is 2.14. The van der Waals surface area contributed by atoms with Crippen LogP contribution in [-0.4, -0.2) is 5.91 Å². The molecule has 0 heterocycles. The fraction of sp³-hybridized carbons (Fsp3) is 0.188. The largest absolute Gasteiger partial charge is 0.399 e. The summed E-state index contributed by atoms with van der Waals surface area (Å²) in [5, 5.41) is 3.20. The Morgan fingerprint density at radius 2 is 1.90 bits per heavy atom. The number of anilines is 2. The Kier molecular flexibility index (Phi) is 4.64. The van der Waals surface area contributed by atoms with Crippen molar-refractivity contribution in [3.05, 3.63) is 58.6 Å². The fourth-order valence-corrected chi connectivity index (χ4v) is 2.16. The standard InChI is InChI=1S/C16H17ClN2O/c1-2-3-11-4-7-13(8-5-11)19-16(20)14-10-12(18)6-9-15(14)17/h4-10H,2-3,18H2,1H3,(H,19,20). The molecule has 0 aromatic heterocycles. The zero-order valence-corrected chi connectivity index (χ0v) is 12.1. The van der Waals surface area contributed by atoms with E-state index in [-0.39, 0.29) is 5.91 Å². The number of carbonyl (C=O) groups excluding carboxylic acids is 1. The summed E-state index contributed by atoms with van der Waals surface area (Å²) in [4.78, 5) is 12.1. The average Bonchev–Trinajstić information content (AvgIpc) is 2.44. The maximum atomic E-state index is 12.1. The van der Waals surface area contributed by atoms with Crippen molar-refractivity contribution in [3.8, 4) is 0 Å². The van der Waals surface area contributed by atoms with E-state index in [0.717, 1.165) is 18.5 Å². The zero-order chi connectivity index (χ0) is 14.5. The van der Waals surface area contributed by atoms with Crippen molar-refractivity contribution in [2.24, 2.45) is 0 Å². The van der Waals surface area contributed by atoms with E-state index in [9.17, 15) is 4.79 Å². The second kappa shape index (κ2) is 6.44. The van der Waals surface area contributed by atoms with Gasteiger partial charge in [-0.15, -0.1) is 0 Å². The zero-order valence-electron chi connectivity index (χ0n) is 11.3. The van der Waals surface area contributed by atoms with Gasteiger partial charge in [-0.1, -0.05) is 37.1 Å². The van der Waals surface area contributed by atoms with E-state index in [1.165, 1.54) is 5.56 Å². The van der Waals surface area contributed by atoms with Gasteiger partial charge in [0, 0.05) is 11.4 Å². The van der Waals surface area contributed by atoms with Crippen LogP contribution < -0.4 is 11.1 Å². The van der Waals surface area contributed by atoms with Gasteiger partial charge in [-0.25, -0.2) is 0 Å². The quantitative estimate of drug-likeness (QED) is 0.831. The van der Waals surface area contributed by atoms with Crippen molar-refractivity contribution < 1.29 is 4.79 Å². The number of aryl methyl sites for hydroxylation is 1. The van der Waals surface area contributed by atoms with E-state index < -0.39 is 0 Å². The van der Waals surface area contributed by atoms with Gasteiger partial charge >= 0.3 is 0 Å². The second-order valence-electron chi connectivity index (χ2n) is 4.64. The molecule has 2 aromatic carbocycles. The number of nitrogen functional groups attached to an aromatic ring is 1. The van der Waals surface area contributed by atoms with E-state index >= 15 is 0 Å². The summed E-state index contributed by atoms with van der Waals surface area (Å²) < 4.78 is 0. The van der Waals surface area contributed by atoms with Crippen molar-refractivity contribution >= 4 is 28.9 Å². The highest BCUT2D eigenvalue weighted by atomic mass is 35.5. The van der Waals surface area contributed by atoms with Gasteiger partial charge in [0.2, 0.25) is 0 Å². The minimum absolute atomic E-state index is 0.259. The summed E-state index contributed by atoms with van der Waals surface area (Å²) in [6.07, 6.45) is 2.14. The van der Waals surface area contributed by atoms with Gasteiger partial charge in [0.05, 0.1) is 10.6 Å². The van der Waals surface area contributed by atoms with Gasteiger partial charge in [0.15, 0.2) is 0 Å². The number of halogens is 1. The summed E-state index contributed by atoms with van der Waals surface area (Å²) in [5.74, 6) is -0.259. The molecule has 0 spiro atoms. The molecule has 0 saturated carbocycles. The first-order chi connectivity index (χ1) is 9.60. The molecule has 0 fully saturated rings. The van der Waals surface area contributed by atoms with E-state index in [2.05, 4.69) is 12.2 Å². The van der Waals surface area contributed by atoms with Gasteiger partial charge in [-0.2, -0.15) is 0 Å². The first-order valence-corrected chi connectivity index (χ1v) is 6.93. The van der Waals surface area contributed by atoms with Crippen molar-refractivity contribution in [1.82, 2.24) is 0 Å². The Morgan fingerprint density at radius 3 is 2.55 bits per heavy atom. The predicted octanol–water partition coefficient (Wildman–Crippen LogP) is 4.13. The Morgan fingerprint density at radius 1 is 1.20 bits per heavy atom. The van der Waals surface area contributed by atoms with Crippen LogP contribution in [0.1, 0.15) is 29.3 Å². The Labute approximate surface area is 123 Å². The molecule has 3 nitrogen and oxygen atoms in total. The first-order valence-electron chi connectivity index (χ1n) is 6.55. The van der Waals surface area contributed by atoms with E-state index in [1.807, 2.05) is 24.3 Å². The van der Waals surface area contributed by atoms with Gasteiger partial charge in [-0.05, 0) is 42.3 Å². The molecule has 20 heavy (non-hydrogen) atoms. The molecule has 0 aliphatic heterocycles. The molecule has 0 atom stereocenters. The van der Waals surface area contributed by atoms with Crippen LogP contribution in [0.4, 0.5) is 11.4 Å². The van der Waals surface area contributed by atoms with Gasteiger partial charge in [0.25, 0.3) is 5.91 Å². The third kappa shape index (κ3) is 3.52. The van der Waals surface area contributed by atoms with Gasteiger partial charge in [-0.3, -0.25) is 4.79 Å². The topological polar surface area (TPSA) is 55.1 Å². The van der Waals surface area contributed by atoms with E-state index in [1.54, 1.807) is 18.2 Å². The Balaban J connectivity index is 2.13. The number of benzene rings is 2. The predicted molar refractivity (Wildman–Crippen MR) is 84.3 cm³/mol. The molecule has 1 amide bonds. The number of carbonyl (C=O) groups is 1. The van der Waals surface area contributed by atoms with Crippen LogP contribution in [-0.2, 0) is 6.42 Å². The number of hydrogen-bond donors (Lipinski definition) is 2. The lowest BCUT2D eigenvalue weighted by Crippen LogP contribution is -2.12. The molecular weight excluding hydrogens is 272 g/mol. The Bertz CT molecular complexity index is 608. The maximum absolute atomic E-state index is 12.1. The van der Waals surface area contributed by atoms with E-state index in [0.29, 0.717) is 16.3 Å². The van der Waals surface area contributed by atoms with Crippen LogP contribution in [0.3, 0.4) is 0 Å². The number of hydrogen-bond acceptors (Lipinski definition) is 2. The van der Waals surface area contributed by atoms with Gasteiger partial charge in [0.1, 0.15) is 0 Å². The lowest BCUT2D eigenvalue weighted by molar-refractivity contribution is 0.102. The van der Waals surface area contributed by atoms with Crippen LogP contribution in [0.25, 0.3) is 0 Å². The first kappa shape index (κ1) is 14.4. The summed E-state index contributed by atoms with van der Waals surface area (Å²) in [6, 6.07) is 12.7. The summed E-state index contributed by atoms with van der Waals surface area (Å²) in [7, 11) is 0. The minimum atomic E-state index is -0.259. The average molecular weight is 289 g/mol. The molecule has 0 aliphatic rings. The molecule has 3 N–H and O–H groups in total. The minimum Gasteiger partial charge on any atom is -0.399 e. The number of nitrogens with two attached hydrogens (primary N) is 1. The monoisotopic (exact) mass is 288 g/mol.